The summed E-state index contributed by atoms with van der Waals surface area (Å²) in [4.78, 5) is 0. The summed E-state index contributed by atoms with van der Waals surface area (Å²) < 4.78 is 6.05. The van der Waals surface area contributed by atoms with Gasteiger partial charge in [-0.05, 0) is 60.8 Å². The topological polar surface area (TPSA) is 9.23 Å². The predicted octanol–water partition coefficient (Wildman–Crippen LogP) is 8.05. The fourth-order valence-corrected chi connectivity index (χ4v) is 3.97. The maximum atomic E-state index is 6.05. The third-order valence-corrected chi connectivity index (χ3v) is 5.99. The van der Waals surface area contributed by atoms with Crippen molar-refractivity contribution >= 4 is 5.57 Å². The van der Waals surface area contributed by atoms with Crippen LogP contribution in [0.15, 0.2) is 30.3 Å². The van der Waals surface area contributed by atoms with Gasteiger partial charge in [0.1, 0.15) is 5.75 Å². The van der Waals surface area contributed by atoms with Gasteiger partial charge in [0.2, 0.25) is 0 Å². The number of benzene rings is 1. The van der Waals surface area contributed by atoms with Gasteiger partial charge in [-0.1, -0.05) is 83.9 Å². The molecule has 0 N–H and O–H groups in total. The number of ether oxygens (including phenoxy) is 1. The van der Waals surface area contributed by atoms with Crippen LogP contribution in [-0.4, -0.2) is 6.61 Å². The molecule has 0 saturated heterocycles. The van der Waals surface area contributed by atoms with Gasteiger partial charge < -0.3 is 4.74 Å². The quantitative estimate of drug-likeness (QED) is 0.344. The molecule has 0 aliphatic heterocycles. The first-order valence-corrected chi connectivity index (χ1v) is 11.2. The Morgan fingerprint density at radius 1 is 1.00 bits per heavy atom. The average Bonchev–Trinajstić information content (AvgIpc) is 2.69. The fraction of sp³-hybridized carbons (Fsp3) is 0.680. The van der Waals surface area contributed by atoms with E-state index in [4.69, 9.17) is 4.74 Å². The van der Waals surface area contributed by atoms with Crippen molar-refractivity contribution in [2.24, 2.45) is 11.8 Å². The van der Waals surface area contributed by atoms with E-state index >= 15 is 0 Å². The Bertz CT molecular complexity index is 513. The first kappa shape index (κ1) is 21.1. The van der Waals surface area contributed by atoms with Gasteiger partial charge in [0.15, 0.2) is 0 Å². The molecule has 0 spiro atoms. The van der Waals surface area contributed by atoms with Crippen molar-refractivity contribution in [2.45, 2.75) is 91.4 Å². The van der Waals surface area contributed by atoms with E-state index in [0.29, 0.717) is 5.92 Å². The molecule has 0 amide bonds. The van der Waals surface area contributed by atoms with Crippen molar-refractivity contribution in [3.63, 3.8) is 0 Å². The lowest BCUT2D eigenvalue weighted by Crippen LogP contribution is -2.11. The van der Waals surface area contributed by atoms with Gasteiger partial charge in [-0.25, -0.2) is 0 Å². The van der Waals surface area contributed by atoms with Gasteiger partial charge in [0, 0.05) is 0 Å². The van der Waals surface area contributed by atoms with Crippen LogP contribution in [0.2, 0.25) is 0 Å². The second-order valence-electron chi connectivity index (χ2n) is 8.12. The van der Waals surface area contributed by atoms with Crippen molar-refractivity contribution in [1.29, 1.82) is 0 Å². The zero-order valence-electron chi connectivity index (χ0n) is 17.4. The summed E-state index contributed by atoms with van der Waals surface area (Å²) in [7, 11) is 0. The maximum absolute atomic E-state index is 6.05. The van der Waals surface area contributed by atoms with Crippen LogP contribution in [0.4, 0.5) is 0 Å². The SMILES string of the molecule is CCCCCC1CC=C(c2ccc(OCC(CC)CCCC)cc2)CC1. The molecule has 0 radical (unpaired) electrons. The molecule has 1 aromatic rings. The van der Waals surface area contributed by atoms with Crippen LogP contribution in [0.3, 0.4) is 0 Å². The van der Waals surface area contributed by atoms with Crippen LogP contribution in [0.25, 0.3) is 5.57 Å². The molecule has 1 aliphatic rings. The van der Waals surface area contributed by atoms with Crippen LogP contribution >= 0.6 is 0 Å². The molecule has 0 aromatic heterocycles. The lowest BCUT2D eigenvalue weighted by molar-refractivity contribution is 0.233. The van der Waals surface area contributed by atoms with Crippen molar-refractivity contribution < 1.29 is 4.74 Å². The van der Waals surface area contributed by atoms with Crippen molar-refractivity contribution in [3.8, 4) is 5.75 Å². The monoisotopic (exact) mass is 356 g/mol. The zero-order valence-corrected chi connectivity index (χ0v) is 17.4. The molecule has 2 rings (SSSR count). The summed E-state index contributed by atoms with van der Waals surface area (Å²) in [6.45, 7) is 7.69. The maximum Gasteiger partial charge on any atom is 0.119 e. The second-order valence-corrected chi connectivity index (χ2v) is 8.12. The van der Waals surface area contributed by atoms with Crippen molar-refractivity contribution in [1.82, 2.24) is 0 Å². The van der Waals surface area contributed by atoms with Crippen LogP contribution in [-0.2, 0) is 0 Å². The van der Waals surface area contributed by atoms with E-state index in [-0.39, 0.29) is 0 Å². The van der Waals surface area contributed by atoms with Crippen LogP contribution in [0.1, 0.15) is 97.0 Å². The Kier molecular flexibility index (Phi) is 9.89. The summed E-state index contributed by atoms with van der Waals surface area (Å²) in [6, 6.07) is 8.84. The largest absolute Gasteiger partial charge is 0.493 e. The molecule has 26 heavy (non-hydrogen) atoms. The number of rotatable bonds is 12. The molecule has 0 saturated carbocycles. The Hall–Kier alpha value is -1.24. The van der Waals surface area contributed by atoms with Gasteiger partial charge in [0.25, 0.3) is 0 Å². The average molecular weight is 357 g/mol. The number of allylic oxidation sites excluding steroid dienone is 2. The predicted molar refractivity (Wildman–Crippen MR) is 115 cm³/mol. The molecular weight excluding hydrogens is 316 g/mol. The van der Waals surface area contributed by atoms with E-state index in [9.17, 15) is 0 Å². The molecule has 2 unspecified atom stereocenters. The minimum atomic E-state index is 0.695. The molecule has 0 fully saturated rings. The molecular formula is C25H40O. The van der Waals surface area contributed by atoms with E-state index in [0.717, 1.165) is 18.3 Å². The highest BCUT2D eigenvalue weighted by Gasteiger charge is 2.15. The summed E-state index contributed by atoms with van der Waals surface area (Å²) in [5, 5.41) is 0. The van der Waals surface area contributed by atoms with E-state index < -0.39 is 0 Å². The smallest absolute Gasteiger partial charge is 0.119 e. The van der Waals surface area contributed by atoms with Crippen molar-refractivity contribution in [2.75, 3.05) is 6.61 Å². The molecule has 1 aliphatic carbocycles. The standard InChI is InChI=1S/C25H40O/c1-4-7-9-11-22-12-14-23(15-13-22)24-16-18-25(19-17-24)26-20-21(6-3)10-8-5-2/h14,16-19,21-22H,4-13,15,20H2,1-3H3. The Labute approximate surface area is 162 Å². The molecule has 1 heteroatoms. The number of unbranched alkanes of at least 4 members (excludes halogenated alkanes) is 3. The van der Waals surface area contributed by atoms with Gasteiger partial charge >= 0.3 is 0 Å². The van der Waals surface area contributed by atoms with E-state index in [2.05, 4.69) is 51.1 Å². The van der Waals surface area contributed by atoms with Crippen LogP contribution in [0.5, 0.6) is 5.75 Å². The van der Waals surface area contributed by atoms with Gasteiger partial charge in [0.05, 0.1) is 6.61 Å². The summed E-state index contributed by atoms with van der Waals surface area (Å²) in [5.74, 6) is 2.64. The van der Waals surface area contributed by atoms with E-state index in [1.807, 2.05) is 0 Å². The lowest BCUT2D eigenvalue weighted by atomic mass is 9.84. The number of hydrogen-bond donors (Lipinski definition) is 0. The van der Waals surface area contributed by atoms with Gasteiger partial charge in [-0.3, -0.25) is 0 Å². The fourth-order valence-electron chi connectivity index (χ4n) is 3.97. The normalized spacial score (nSPS) is 18.4. The zero-order chi connectivity index (χ0) is 18.6. The van der Waals surface area contributed by atoms with E-state index in [1.54, 1.807) is 0 Å². The van der Waals surface area contributed by atoms with Gasteiger partial charge in [-0.15, -0.1) is 0 Å². The Morgan fingerprint density at radius 3 is 2.38 bits per heavy atom. The highest BCUT2D eigenvalue weighted by atomic mass is 16.5. The number of hydrogen-bond acceptors (Lipinski definition) is 1. The first-order valence-electron chi connectivity index (χ1n) is 11.2. The van der Waals surface area contributed by atoms with Crippen LogP contribution in [0, 0.1) is 11.8 Å². The Balaban J connectivity index is 1.80. The molecule has 1 aromatic carbocycles. The first-order chi connectivity index (χ1) is 12.8. The molecule has 2 atom stereocenters. The highest BCUT2D eigenvalue weighted by molar-refractivity contribution is 5.66. The Morgan fingerprint density at radius 2 is 1.77 bits per heavy atom. The van der Waals surface area contributed by atoms with Crippen LogP contribution < -0.4 is 4.74 Å². The van der Waals surface area contributed by atoms with E-state index in [1.165, 1.54) is 81.8 Å². The minimum absolute atomic E-state index is 0.695. The third-order valence-electron chi connectivity index (χ3n) is 5.99. The molecule has 0 bridgehead atoms. The minimum Gasteiger partial charge on any atom is -0.493 e. The summed E-state index contributed by atoms with van der Waals surface area (Å²) in [5.41, 5.74) is 2.93. The lowest BCUT2D eigenvalue weighted by Gasteiger charge is -2.22. The molecule has 0 heterocycles. The highest BCUT2D eigenvalue weighted by Crippen LogP contribution is 2.33. The summed E-state index contributed by atoms with van der Waals surface area (Å²) >= 11 is 0. The van der Waals surface area contributed by atoms with Crippen molar-refractivity contribution in [3.05, 3.63) is 35.9 Å². The summed E-state index contributed by atoms with van der Waals surface area (Å²) in [6.07, 6.45) is 17.0. The third kappa shape index (κ3) is 7.17. The second kappa shape index (κ2) is 12.2. The molecule has 1 nitrogen and oxygen atoms in total. The van der Waals surface area contributed by atoms with Gasteiger partial charge in [-0.2, -0.15) is 0 Å². The molecule has 146 valence electrons.